The van der Waals surface area contributed by atoms with Gasteiger partial charge in [0, 0.05) is 26.2 Å². The predicted octanol–water partition coefficient (Wildman–Crippen LogP) is 3.00. The summed E-state index contributed by atoms with van der Waals surface area (Å²) in [5, 5.41) is 0. The Hall–Kier alpha value is -2.68. The first-order valence-electron chi connectivity index (χ1n) is 8.95. The van der Waals surface area contributed by atoms with E-state index in [2.05, 4.69) is 15.9 Å². The Morgan fingerprint density at radius 2 is 1.72 bits per heavy atom. The number of anilines is 1. The van der Waals surface area contributed by atoms with Crippen LogP contribution in [0.2, 0.25) is 0 Å². The van der Waals surface area contributed by atoms with E-state index in [9.17, 15) is 18.4 Å². The summed E-state index contributed by atoms with van der Waals surface area (Å²) in [7, 11) is 0. The molecule has 154 valence electrons. The van der Waals surface area contributed by atoms with E-state index in [0.29, 0.717) is 42.1 Å². The number of piperazine rings is 1. The van der Waals surface area contributed by atoms with Gasteiger partial charge in [0.1, 0.15) is 17.4 Å². The summed E-state index contributed by atoms with van der Waals surface area (Å²) in [5.41, 5.74) is 0.509. The van der Waals surface area contributed by atoms with Gasteiger partial charge in [-0.05, 0) is 46.3 Å². The molecule has 2 aromatic carbocycles. The summed E-state index contributed by atoms with van der Waals surface area (Å²) in [5.74, 6) is -1.48. The molecule has 6 nitrogen and oxygen atoms in total. The molecule has 0 bridgehead atoms. The first-order chi connectivity index (χ1) is 13.9. The SMILES string of the molecule is O=C(COc1ccc(F)cc1Br)OCC(=O)N1CCN(c2ccccc2F)CC1. The second-order valence-electron chi connectivity index (χ2n) is 6.34. The maximum absolute atomic E-state index is 13.9. The topological polar surface area (TPSA) is 59.1 Å². The standard InChI is InChI=1S/C20H19BrF2N2O4/c21-15-11-14(22)5-6-18(15)28-13-20(27)29-12-19(26)25-9-7-24(8-10-25)17-4-2-1-3-16(17)23/h1-6,11H,7-10,12-13H2. The number of benzene rings is 2. The van der Waals surface area contributed by atoms with Crippen LogP contribution in [-0.4, -0.2) is 56.2 Å². The Morgan fingerprint density at radius 3 is 2.41 bits per heavy atom. The first kappa shape index (κ1) is 21.0. The zero-order valence-corrected chi connectivity index (χ0v) is 17.0. The van der Waals surface area contributed by atoms with Gasteiger partial charge in [-0.1, -0.05) is 12.1 Å². The van der Waals surface area contributed by atoms with Crippen molar-refractivity contribution in [2.75, 3.05) is 44.3 Å². The molecule has 0 saturated carbocycles. The molecule has 1 aliphatic heterocycles. The number of rotatable bonds is 6. The summed E-state index contributed by atoms with van der Waals surface area (Å²) < 4.78 is 37.5. The maximum Gasteiger partial charge on any atom is 0.344 e. The molecule has 2 aromatic rings. The molecule has 1 heterocycles. The van der Waals surface area contributed by atoms with Gasteiger partial charge < -0.3 is 19.3 Å². The molecule has 29 heavy (non-hydrogen) atoms. The summed E-state index contributed by atoms with van der Waals surface area (Å²) in [6.07, 6.45) is 0. The third-order valence-electron chi connectivity index (χ3n) is 4.42. The van der Waals surface area contributed by atoms with Gasteiger partial charge in [-0.15, -0.1) is 0 Å². The Morgan fingerprint density at radius 1 is 1.00 bits per heavy atom. The minimum absolute atomic E-state index is 0.291. The van der Waals surface area contributed by atoms with Gasteiger partial charge in [0.25, 0.3) is 5.91 Å². The van der Waals surface area contributed by atoms with E-state index < -0.39 is 25.0 Å². The van der Waals surface area contributed by atoms with E-state index in [0.717, 1.165) is 0 Å². The Bertz CT molecular complexity index is 889. The number of nitrogens with zero attached hydrogens (tertiary/aromatic N) is 2. The summed E-state index contributed by atoms with van der Waals surface area (Å²) in [6.45, 7) is 0.989. The van der Waals surface area contributed by atoms with Crippen LogP contribution < -0.4 is 9.64 Å². The lowest BCUT2D eigenvalue weighted by molar-refractivity contribution is -0.153. The molecule has 9 heteroatoms. The van der Waals surface area contributed by atoms with Crippen LogP contribution in [0.25, 0.3) is 0 Å². The van der Waals surface area contributed by atoms with Crippen molar-refractivity contribution in [1.82, 2.24) is 4.90 Å². The van der Waals surface area contributed by atoms with Gasteiger partial charge in [0.15, 0.2) is 13.2 Å². The van der Waals surface area contributed by atoms with E-state index in [1.807, 2.05) is 4.90 Å². The first-order valence-corrected chi connectivity index (χ1v) is 9.74. The number of carbonyl (C=O) groups is 2. The lowest BCUT2D eigenvalue weighted by Gasteiger charge is -2.36. The van der Waals surface area contributed by atoms with Crippen molar-refractivity contribution in [3.63, 3.8) is 0 Å². The molecule has 0 unspecified atom stereocenters. The molecule has 0 aliphatic carbocycles. The number of ether oxygens (including phenoxy) is 2. The van der Waals surface area contributed by atoms with Gasteiger partial charge in [-0.25, -0.2) is 13.6 Å². The number of amides is 1. The van der Waals surface area contributed by atoms with Gasteiger partial charge in [-0.3, -0.25) is 4.79 Å². The van der Waals surface area contributed by atoms with Crippen LogP contribution in [-0.2, 0) is 14.3 Å². The van der Waals surface area contributed by atoms with E-state index in [1.54, 1.807) is 23.1 Å². The van der Waals surface area contributed by atoms with Crippen LogP contribution in [0.1, 0.15) is 0 Å². The number of hydrogen-bond donors (Lipinski definition) is 0. The summed E-state index contributed by atoms with van der Waals surface area (Å²) >= 11 is 3.13. The highest BCUT2D eigenvalue weighted by Gasteiger charge is 2.23. The number of para-hydroxylation sites is 1. The van der Waals surface area contributed by atoms with Crippen molar-refractivity contribution < 1.29 is 27.8 Å². The number of esters is 1. The molecule has 1 saturated heterocycles. The molecule has 1 fully saturated rings. The second-order valence-corrected chi connectivity index (χ2v) is 7.20. The maximum atomic E-state index is 13.9. The third kappa shape index (κ3) is 5.66. The van der Waals surface area contributed by atoms with Crippen molar-refractivity contribution in [2.45, 2.75) is 0 Å². The molecule has 0 aromatic heterocycles. The average molecular weight is 469 g/mol. The van der Waals surface area contributed by atoms with Crippen molar-refractivity contribution >= 4 is 33.5 Å². The zero-order valence-electron chi connectivity index (χ0n) is 15.4. The highest BCUT2D eigenvalue weighted by Crippen LogP contribution is 2.25. The average Bonchev–Trinajstić information content (AvgIpc) is 2.72. The molecule has 0 N–H and O–H groups in total. The quantitative estimate of drug-likeness (QED) is 0.610. The minimum Gasteiger partial charge on any atom is -0.481 e. The fraction of sp³-hybridized carbons (Fsp3) is 0.300. The Balaban J connectivity index is 1.40. The Kier molecular flexibility index (Phi) is 7.03. The number of halogens is 3. The van der Waals surface area contributed by atoms with Crippen LogP contribution in [0.5, 0.6) is 5.75 Å². The van der Waals surface area contributed by atoms with Crippen LogP contribution in [0.15, 0.2) is 46.9 Å². The van der Waals surface area contributed by atoms with E-state index in [-0.39, 0.29) is 11.7 Å². The monoisotopic (exact) mass is 468 g/mol. The lowest BCUT2D eigenvalue weighted by atomic mass is 10.2. The highest BCUT2D eigenvalue weighted by atomic mass is 79.9. The fourth-order valence-corrected chi connectivity index (χ4v) is 3.37. The molecule has 1 aliphatic rings. The largest absolute Gasteiger partial charge is 0.481 e. The van der Waals surface area contributed by atoms with Gasteiger partial charge >= 0.3 is 5.97 Å². The van der Waals surface area contributed by atoms with Crippen LogP contribution in [0.4, 0.5) is 14.5 Å². The van der Waals surface area contributed by atoms with Crippen LogP contribution >= 0.6 is 15.9 Å². The molecule has 0 radical (unpaired) electrons. The number of hydrogen-bond acceptors (Lipinski definition) is 5. The third-order valence-corrected chi connectivity index (χ3v) is 5.04. The summed E-state index contributed by atoms with van der Waals surface area (Å²) in [4.78, 5) is 27.5. The van der Waals surface area contributed by atoms with Gasteiger partial charge in [0.2, 0.25) is 0 Å². The molecule has 0 atom stereocenters. The van der Waals surface area contributed by atoms with Crippen molar-refractivity contribution in [3.8, 4) is 5.75 Å². The van der Waals surface area contributed by atoms with E-state index >= 15 is 0 Å². The van der Waals surface area contributed by atoms with Gasteiger partial charge in [0.05, 0.1) is 10.2 Å². The molecular weight excluding hydrogens is 450 g/mol. The predicted molar refractivity (Wildman–Crippen MR) is 106 cm³/mol. The molecule has 1 amide bonds. The van der Waals surface area contributed by atoms with Crippen LogP contribution in [0, 0.1) is 11.6 Å². The van der Waals surface area contributed by atoms with Crippen molar-refractivity contribution in [2.24, 2.45) is 0 Å². The number of carbonyl (C=O) groups excluding carboxylic acids is 2. The molecule has 0 spiro atoms. The fourth-order valence-electron chi connectivity index (χ4n) is 2.91. The second kappa shape index (κ2) is 9.69. The smallest absolute Gasteiger partial charge is 0.344 e. The van der Waals surface area contributed by atoms with E-state index in [1.165, 1.54) is 24.3 Å². The van der Waals surface area contributed by atoms with Crippen LogP contribution in [0.3, 0.4) is 0 Å². The Labute approximate surface area is 175 Å². The highest BCUT2D eigenvalue weighted by molar-refractivity contribution is 9.10. The van der Waals surface area contributed by atoms with E-state index in [4.69, 9.17) is 9.47 Å². The minimum atomic E-state index is -0.709. The van der Waals surface area contributed by atoms with Crippen molar-refractivity contribution in [1.29, 1.82) is 0 Å². The zero-order chi connectivity index (χ0) is 20.8. The summed E-state index contributed by atoms with van der Waals surface area (Å²) in [6, 6.07) is 10.3. The molecule has 3 rings (SSSR count). The van der Waals surface area contributed by atoms with Gasteiger partial charge in [-0.2, -0.15) is 0 Å². The van der Waals surface area contributed by atoms with Crippen molar-refractivity contribution in [3.05, 3.63) is 58.6 Å². The normalized spacial score (nSPS) is 13.9. The lowest BCUT2D eigenvalue weighted by Crippen LogP contribution is -2.50. The molecular formula is C20H19BrF2N2O4.